The van der Waals surface area contributed by atoms with Crippen LogP contribution in [0.15, 0.2) is 24.3 Å². The van der Waals surface area contributed by atoms with Crippen molar-refractivity contribution in [2.75, 3.05) is 18.1 Å². The maximum Gasteiger partial charge on any atom is 0.330 e. The number of para-hydroxylation sites is 1. The number of halogens is 1. The Morgan fingerprint density at radius 2 is 2.18 bits per heavy atom. The number of benzene rings is 1. The molecule has 1 fully saturated rings. The molecule has 0 aliphatic carbocycles. The van der Waals surface area contributed by atoms with Crippen LogP contribution in [0.2, 0.25) is 0 Å². The molecule has 1 amide bonds. The summed E-state index contributed by atoms with van der Waals surface area (Å²) in [4.78, 5) is 23.2. The fourth-order valence-electron chi connectivity index (χ4n) is 2.19. The zero-order valence-corrected chi connectivity index (χ0v) is 12.8. The Balaban J connectivity index is 1.74. The molecule has 0 spiro atoms. The highest BCUT2D eigenvalue weighted by molar-refractivity contribution is 7.99. The minimum Gasteiger partial charge on any atom is -0.491 e. The molecule has 7 heteroatoms. The molecule has 2 N–H and O–H groups in total. The molecule has 1 aromatic carbocycles. The number of aliphatic carboxylic acids is 1. The van der Waals surface area contributed by atoms with Crippen molar-refractivity contribution < 1.29 is 23.8 Å². The standard InChI is InChI=1S/C15H18FNO4S/c16-11-4-1-2-5-12(11)21-8-3-6-13(18)17-15(14(19)20)7-9-22-10-15/h1-2,4-5H,3,6-10H2,(H,17,18)(H,19,20). The number of thioether (sulfide) groups is 1. The van der Waals surface area contributed by atoms with E-state index >= 15 is 0 Å². The molecule has 1 aromatic rings. The van der Waals surface area contributed by atoms with Crippen molar-refractivity contribution in [3.8, 4) is 5.75 Å². The van der Waals surface area contributed by atoms with Crippen LogP contribution >= 0.6 is 11.8 Å². The van der Waals surface area contributed by atoms with Gasteiger partial charge in [-0.1, -0.05) is 12.1 Å². The molecule has 1 aliphatic heterocycles. The first kappa shape index (κ1) is 16.6. The minimum absolute atomic E-state index is 0.147. The fourth-order valence-corrected chi connectivity index (χ4v) is 3.52. The van der Waals surface area contributed by atoms with Gasteiger partial charge in [-0.3, -0.25) is 4.79 Å². The van der Waals surface area contributed by atoms with Crippen LogP contribution in [0.5, 0.6) is 5.75 Å². The summed E-state index contributed by atoms with van der Waals surface area (Å²) in [6, 6.07) is 6.06. The van der Waals surface area contributed by atoms with Crippen molar-refractivity contribution in [2.24, 2.45) is 0 Å². The largest absolute Gasteiger partial charge is 0.491 e. The van der Waals surface area contributed by atoms with Gasteiger partial charge < -0.3 is 15.2 Å². The highest BCUT2D eigenvalue weighted by Gasteiger charge is 2.43. The molecule has 1 atom stereocenters. The number of rotatable bonds is 7. The molecule has 5 nitrogen and oxygen atoms in total. The van der Waals surface area contributed by atoms with Gasteiger partial charge in [0.2, 0.25) is 5.91 Å². The fraction of sp³-hybridized carbons (Fsp3) is 0.467. The van der Waals surface area contributed by atoms with E-state index < -0.39 is 17.3 Å². The summed E-state index contributed by atoms with van der Waals surface area (Å²) in [5.74, 6) is -0.490. The van der Waals surface area contributed by atoms with Gasteiger partial charge in [-0.2, -0.15) is 11.8 Å². The van der Waals surface area contributed by atoms with Gasteiger partial charge in [0.05, 0.1) is 6.61 Å². The van der Waals surface area contributed by atoms with Crippen LogP contribution in [-0.2, 0) is 9.59 Å². The quantitative estimate of drug-likeness (QED) is 0.750. The van der Waals surface area contributed by atoms with Crippen LogP contribution in [-0.4, -0.2) is 40.6 Å². The molecule has 0 bridgehead atoms. The van der Waals surface area contributed by atoms with E-state index in [4.69, 9.17) is 4.74 Å². The number of carbonyl (C=O) groups is 2. The average molecular weight is 327 g/mol. The van der Waals surface area contributed by atoms with Gasteiger partial charge in [0, 0.05) is 12.2 Å². The molecule has 1 aliphatic rings. The highest BCUT2D eigenvalue weighted by Crippen LogP contribution is 2.28. The number of carboxylic acids is 1. The van der Waals surface area contributed by atoms with Gasteiger partial charge in [0.15, 0.2) is 11.6 Å². The third kappa shape index (κ3) is 4.13. The Hall–Kier alpha value is -1.76. The smallest absolute Gasteiger partial charge is 0.330 e. The van der Waals surface area contributed by atoms with Crippen molar-refractivity contribution in [3.63, 3.8) is 0 Å². The predicted octanol–water partition coefficient (Wildman–Crippen LogP) is 2.06. The summed E-state index contributed by atoms with van der Waals surface area (Å²) in [5.41, 5.74) is -1.14. The van der Waals surface area contributed by atoms with Gasteiger partial charge in [0.25, 0.3) is 0 Å². The first-order chi connectivity index (χ1) is 10.5. The van der Waals surface area contributed by atoms with Crippen LogP contribution in [0.4, 0.5) is 4.39 Å². The van der Waals surface area contributed by atoms with Crippen molar-refractivity contribution in [1.29, 1.82) is 0 Å². The Kier molecular flexibility index (Phi) is 5.65. The van der Waals surface area contributed by atoms with Crippen LogP contribution in [0.3, 0.4) is 0 Å². The Morgan fingerprint density at radius 3 is 2.82 bits per heavy atom. The second-order valence-corrected chi connectivity index (χ2v) is 6.23. The second kappa shape index (κ2) is 7.49. The second-order valence-electron chi connectivity index (χ2n) is 5.12. The molecule has 1 unspecified atom stereocenters. The lowest BCUT2D eigenvalue weighted by atomic mass is 9.99. The SMILES string of the molecule is O=C(CCCOc1ccccc1F)NC1(C(=O)O)CCSC1. The van der Waals surface area contributed by atoms with Crippen molar-refractivity contribution in [2.45, 2.75) is 24.8 Å². The molecule has 120 valence electrons. The molecule has 0 radical (unpaired) electrons. The molecular formula is C15H18FNO4S. The van der Waals surface area contributed by atoms with Crippen LogP contribution in [0, 0.1) is 5.82 Å². The topological polar surface area (TPSA) is 75.6 Å². The molecule has 1 heterocycles. The monoisotopic (exact) mass is 327 g/mol. The van der Waals surface area contributed by atoms with Crippen molar-refractivity contribution in [1.82, 2.24) is 5.32 Å². The Labute approximate surface area is 132 Å². The first-order valence-electron chi connectivity index (χ1n) is 7.03. The van der Waals surface area contributed by atoms with Gasteiger partial charge in [0.1, 0.15) is 5.54 Å². The van der Waals surface area contributed by atoms with Crippen LogP contribution in [0.1, 0.15) is 19.3 Å². The zero-order valence-electron chi connectivity index (χ0n) is 12.0. The number of amides is 1. The van der Waals surface area contributed by atoms with Crippen molar-refractivity contribution >= 4 is 23.6 Å². The minimum atomic E-state index is -1.14. The maximum atomic E-state index is 13.3. The maximum absolute atomic E-state index is 13.3. The first-order valence-corrected chi connectivity index (χ1v) is 8.18. The zero-order chi connectivity index (χ0) is 16.0. The molecular weight excluding hydrogens is 309 g/mol. The van der Waals surface area contributed by atoms with Crippen molar-refractivity contribution in [3.05, 3.63) is 30.1 Å². The number of carbonyl (C=O) groups excluding carboxylic acids is 1. The van der Waals surface area contributed by atoms with E-state index in [1.54, 1.807) is 12.1 Å². The molecule has 2 rings (SSSR count). The van der Waals surface area contributed by atoms with Gasteiger partial charge >= 0.3 is 5.97 Å². The van der Waals surface area contributed by atoms with Gasteiger partial charge in [-0.05, 0) is 30.7 Å². The number of carboxylic acid groups (broad SMARTS) is 1. The molecule has 0 saturated carbocycles. The molecule has 22 heavy (non-hydrogen) atoms. The van der Waals surface area contributed by atoms with E-state index in [1.807, 2.05) is 0 Å². The number of ether oxygens (including phenoxy) is 1. The average Bonchev–Trinajstić information content (AvgIpc) is 2.95. The summed E-state index contributed by atoms with van der Waals surface area (Å²) >= 11 is 1.52. The number of hydrogen-bond acceptors (Lipinski definition) is 4. The third-order valence-electron chi connectivity index (χ3n) is 3.45. The lowest BCUT2D eigenvalue weighted by Gasteiger charge is -2.24. The van der Waals surface area contributed by atoms with Crippen LogP contribution < -0.4 is 10.1 Å². The summed E-state index contributed by atoms with van der Waals surface area (Å²) in [6.07, 6.45) is 0.974. The summed E-state index contributed by atoms with van der Waals surface area (Å²) in [5, 5.41) is 11.9. The lowest BCUT2D eigenvalue weighted by molar-refractivity contribution is -0.146. The summed E-state index contributed by atoms with van der Waals surface area (Å²) in [7, 11) is 0. The molecule has 1 saturated heterocycles. The Morgan fingerprint density at radius 1 is 1.41 bits per heavy atom. The van der Waals surface area contributed by atoms with Crippen LogP contribution in [0.25, 0.3) is 0 Å². The number of hydrogen-bond donors (Lipinski definition) is 2. The van der Waals surface area contributed by atoms with E-state index in [1.165, 1.54) is 23.9 Å². The lowest BCUT2D eigenvalue weighted by Crippen LogP contribution is -2.54. The van der Waals surface area contributed by atoms with E-state index in [9.17, 15) is 19.1 Å². The van der Waals surface area contributed by atoms with E-state index in [-0.39, 0.29) is 24.7 Å². The van der Waals surface area contributed by atoms with E-state index in [0.29, 0.717) is 18.6 Å². The van der Waals surface area contributed by atoms with Gasteiger partial charge in [-0.15, -0.1) is 0 Å². The summed E-state index contributed by atoms with van der Waals surface area (Å²) < 4.78 is 18.6. The van der Waals surface area contributed by atoms with E-state index in [0.717, 1.165) is 5.75 Å². The Bertz CT molecular complexity index is 546. The third-order valence-corrected chi connectivity index (χ3v) is 4.64. The molecule has 0 aromatic heterocycles. The van der Waals surface area contributed by atoms with E-state index in [2.05, 4.69) is 5.32 Å². The summed E-state index contributed by atoms with van der Waals surface area (Å²) in [6.45, 7) is 0.198. The van der Waals surface area contributed by atoms with Gasteiger partial charge in [-0.25, -0.2) is 9.18 Å². The predicted molar refractivity (Wildman–Crippen MR) is 81.6 cm³/mol. The normalized spacial score (nSPS) is 20.6. The number of nitrogens with one attached hydrogen (secondary N) is 1. The highest BCUT2D eigenvalue weighted by atomic mass is 32.2.